The van der Waals surface area contributed by atoms with Crippen LogP contribution in [0.25, 0.3) is 134 Å². The average molecular weight is 2120 g/mol. The van der Waals surface area contributed by atoms with E-state index in [2.05, 4.69) is 335 Å². The van der Waals surface area contributed by atoms with Gasteiger partial charge in [0.25, 0.3) is 0 Å². The molecule has 8 aromatic heterocycles. The van der Waals surface area contributed by atoms with Gasteiger partial charge in [0, 0.05) is 101 Å². The molecule has 3 aliphatic carbocycles. The summed E-state index contributed by atoms with van der Waals surface area (Å²) >= 11 is 0. The Morgan fingerprint density at radius 3 is 0.975 bits per heavy atom. The van der Waals surface area contributed by atoms with E-state index in [1.165, 1.54) is 88.5 Å². The van der Waals surface area contributed by atoms with Crippen molar-refractivity contribution in [3.05, 3.63) is 404 Å². The number of fused-ring (bicyclic) bond motifs is 12. The normalized spacial score (nSPS) is 12.7. The third-order valence-electron chi connectivity index (χ3n) is 24.3. The molecule has 3 aliphatic rings. The predicted octanol–water partition coefficient (Wildman–Crippen LogP) is 27.0. The fraction of sp³-hybridized carbons (Fsp3) is 0.173. The number of benzene rings is 10. The molecule has 0 spiro atoms. The second-order valence-corrected chi connectivity index (χ2v) is 31.5. The Balaban J connectivity index is 0.000000130. The van der Waals surface area contributed by atoms with Gasteiger partial charge < -0.3 is 19.9 Å². The Hall–Kier alpha value is -11.7. The molecule has 0 amide bonds. The van der Waals surface area contributed by atoms with Crippen LogP contribution < -0.4 is 9.97 Å². The van der Waals surface area contributed by atoms with Crippen LogP contribution in [0.4, 0.5) is 0 Å². The Bertz CT molecular complexity index is 5980. The van der Waals surface area contributed by atoms with Gasteiger partial charge in [0.1, 0.15) is 0 Å². The molecule has 12 heteroatoms. The molecule has 0 unspecified atom stereocenters. The Morgan fingerprint density at radius 1 is 0.279 bits per heavy atom. The maximum atomic E-state index is 4.89. The summed E-state index contributed by atoms with van der Waals surface area (Å²) in [6.07, 6.45) is 17.0. The zero-order chi connectivity index (χ0) is 81.9. The van der Waals surface area contributed by atoms with Crippen molar-refractivity contribution in [1.29, 1.82) is 0 Å². The summed E-state index contributed by atoms with van der Waals surface area (Å²) in [6, 6.07) is 119. The quantitative estimate of drug-likeness (QED) is 0.110. The van der Waals surface area contributed by atoms with Crippen LogP contribution in [0.2, 0.25) is 0 Å². The molecule has 0 fully saturated rings. The molecular weight excluding hydrogens is 2020 g/mol. The van der Waals surface area contributed by atoms with E-state index >= 15 is 0 Å². The minimum atomic E-state index is 0. The molecule has 613 valence electrons. The van der Waals surface area contributed by atoms with Gasteiger partial charge in [-0.2, -0.15) is 6.20 Å². The molecule has 122 heavy (non-hydrogen) atoms. The van der Waals surface area contributed by atoms with E-state index in [0.29, 0.717) is 5.82 Å². The van der Waals surface area contributed by atoms with Crippen LogP contribution in [0.5, 0.6) is 0 Å². The fourth-order valence-electron chi connectivity index (χ4n) is 17.7. The first-order valence-corrected chi connectivity index (χ1v) is 41.6. The maximum Gasteiger partial charge on any atom is 0.0620 e. The van der Waals surface area contributed by atoms with Crippen molar-refractivity contribution in [2.24, 2.45) is 0 Å². The van der Waals surface area contributed by atoms with Gasteiger partial charge in [0.2, 0.25) is 0 Å². The van der Waals surface area contributed by atoms with Crippen LogP contribution >= 0.6 is 0 Å². The first kappa shape index (κ1) is 88.1. The van der Waals surface area contributed by atoms with Crippen LogP contribution in [0.1, 0.15) is 140 Å². The Morgan fingerprint density at radius 2 is 0.639 bits per heavy atom. The minimum absolute atomic E-state index is 0. The van der Waals surface area contributed by atoms with Gasteiger partial charge in [-0.05, 0) is 154 Å². The molecule has 0 saturated carbocycles. The third kappa shape index (κ3) is 17.9. The molecule has 0 N–H and O–H groups in total. The van der Waals surface area contributed by atoms with Gasteiger partial charge in [0.15, 0.2) is 0 Å². The van der Waals surface area contributed by atoms with Crippen LogP contribution in [-0.2, 0) is 82.0 Å². The summed E-state index contributed by atoms with van der Waals surface area (Å²) in [7, 11) is 0. The summed E-state index contributed by atoms with van der Waals surface area (Å²) in [4.78, 5) is 39.4. The number of rotatable bonds is 12. The Kier molecular flexibility index (Phi) is 28.5. The van der Waals surface area contributed by atoms with E-state index in [0.717, 1.165) is 117 Å². The first-order chi connectivity index (χ1) is 58.3. The molecular formula is C110H95Ir3N9-6. The minimum Gasteiger partial charge on any atom is -0.662 e. The summed E-state index contributed by atoms with van der Waals surface area (Å²) in [5.41, 5.74) is 32.5. The van der Waals surface area contributed by atoms with Crippen molar-refractivity contribution in [1.82, 2.24) is 44.9 Å². The zero-order valence-electron chi connectivity index (χ0n) is 70.1. The van der Waals surface area contributed by atoms with Gasteiger partial charge in [-0.25, -0.2) is 0 Å². The molecule has 8 heterocycles. The monoisotopic (exact) mass is 2120 g/mol. The number of hydrogen-bond donors (Lipinski definition) is 0. The molecule has 9 nitrogen and oxygen atoms in total. The summed E-state index contributed by atoms with van der Waals surface area (Å²) in [5, 5.41) is 3.52. The van der Waals surface area contributed by atoms with Gasteiger partial charge >= 0.3 is 0 Å². The summed E-state index contributed by atoms with van der Waals surface area (Å²) in [6.45, 7) is 20.4. The number of aromatic nitrogens is 9. The smallest absolute Gasteiger partial charge is 0.0620 e. The van der Waals surface area contributed by atoms with Gasteiger partial charge in [-0.15, -0.1) is 129 Å². The van der Waals surface area contributed by atoms with E-state index in [4.69, 9.17) is 15.0 Å². The maximum absolute atomic E-state index is 4.89. The molecule has 3 radical (unpaired) electrons. The third-order valence-corrected chi connectivity index (χ3v) is 24.3. The Labute approximate surface area is 759 Å². The van der Waals surface area contributed by atoms with Crippen molar-refractivity contribution in [3.63, 3.8) is 0 Å². The van der Waals surface area contributed by atoms with Gasteiger partial charge in [0.05, 0.1) is 22.2 Å². The average Bonchev–Trinajstić information content (AvgIpc) is 1.58. The molecule has 0 atom stereocenters. The van der Waals surface area contributed by atoms with Crippen LogP contribution in [0.15, 0.2) is 340 Å². The SMILES string of the molecule is CC(C)(C)c1c[c-]c(-c2ccccn2)cc1.CCC1(CC)c2ccccc2-c2c[c-]c(-c3ccc4ccccc4n3)cc21.CCC1(CC)c2ccccc2-c2c[c-]c(-c3ccc4ccccc4n3)cc21.CCC1(CC)c2ccccc2-c2c[c-]c(-c3ccc4ccccc4n3)cc21.[Ir].[Ir].[Ir].c1ccc(-c2ccc[n-]2)nc1.c1ccc(-c2ncc[n-]2)nc1. The fourth-order valence-corrected chi connectivity index (χ4v) is 17.7. The van der Waals surface area contributed by atoms with Crippen LogP contribution in [-0.4, -0.2) is 34.9 Å². The van der Waals surface area contributed by atoms with E-state index < -0.39 is 0 Å². The molecule has 10 aromatic carbocycles. The van der Waals surface area contributed by atoms with Crippen LogP contribution in [0.3, 0.4) is 0 Å². The van der Waals surface area contributed by atoms with E-state index in [1.807, 2.05) is 84.9 Å². The standard InChI is InChI=1S/3C26H22N.C15H16N.C9H7N2.C8H6N3.3Ir/c3*1-3-26(4-2)22-11-7-6-10-20(22)21-15-13-19(17-23(21)26)25-16-14-18-9-5-8-12-24(18)27-25;1-15(2,3)13-9-7-12(8-10-13)14-6-4-5-11-16-14;1-2-6-10-8(4-1)9-5-3-7-11-9;1-2-4-9-7(3-1)8-10-5-6-11-8;;;/h3*5-12,14-17H,3-4H2,1-2H3;4-7,9-11H,1-3H3;1-7H;1-6H;;;/q6*-1;;;. The van der Waals surface area contributed by atoms with Crippen LogP contribution in [0, 0.1) is 24.3 Å². The molecule has 0 aliphatic heterocycles. The molecule has 21 rings (SSSR count). The molecule has 0 saturated heterocycles. The van der Waals surface area contributed by atoms with Crippen molar-refractivity contribution >= 4 is 32.7 Å². The van der Waals surface area contributed by atoms with Crippen molar-refractivity contribution < 1.29 is 60.3 Å². The second kappa shape index (κ2) is 39.4. The summed E-state index contributed by atoms with van der Waals surface area (Å²) in [5.74, 6) is 0.686. The predicted molar refractivity (Wildman–Crippen MR) is 489 cm³/mol. The number of nitrogens with zero attached hydrogens (tertiary/aromatic N) is 9. The van der Waals surface area contributed by atoms with Gasteiger partial charge in [-0.1, -0.05) is 308 Å². The number of para-hydroxylation sites is 3. The first-order valence-electron chi connectivity index (χ1n) is 41.6. The number of imidazole rings is 1. The van der Waals surface area contributed by atoms with E-state index in [1.54, 1.807) is 37.2 Å². The number of pyridine rings is 6. The second-order valence-electron chi connectivity index (χ2n) is 31.5. The van der Waals surface area contributed by atoms with E-state index in [-0.39, 0.29) is 82.0 Å². The van der Waals surface area contributed by atoms with Crippen molar-refractivity contribution in [2.75, 3.05) is 0 Å². The topological polar surface area (TPSA) is 118 Å². The largest absolute Gasteiger partial charge is 0.662 e. The zero-order valence-corrected chi connectivity index (χ0v) is 77.3. The van der Waals surface area contributed by atoms with Crippen molar-refractivity contribution in [2.45, 2.75) is 122 Å². The molecule has 0 bridgehead atoms. The number of hydrogen-bond acceptors (Lipinski definition) is 7. The summed E-state index contributed by atoms with van der Waals surface area (Å²) < 4.78 is 0. The van der Waals surface area contributed by atoms with E-state index in [9.17, 15) is 0 Å². The van der Waals surface area contributed by atoms with Crippen molar-refractivity contribution in [3.8, 4) is 101 Å². The van der Waals surface area contributed by atoms with Gasteiger partial charge in [-0.3, -0.25) is 24.9 Å². The molecule has 18 aromatic rings.